The van der Waals surface area contributed by atoms with Gasteiger partial charge >= 0.3 is 5.97 Å². The van der Waals surface area contributed by atoms with E-state index in [1.165, 1.54) is 26.4 Å². The van der Waals surface area contributed by atoms with Crippen LogP contribution in [0.4, 0.5) is 0 Å². The number of hydrogen-bond acceptors (Lipinski definition) is 4. The lowest BCUT2D eigenvalue weighted by molar-refractivity contribution is -0.149. The van der Waals surface area contributed by atoms with Crippen molar-refractivity contribution in [1.82, 2.24) is 0 Å². The standard InChI is InChI=1S/C21H25BrO4/c1-25-18-5-3-2-4-16(18)17(23)12-26-19(24)11-20-7-14-6-15(8-20)10-21(22,9-14)13-20/h2-5,14-15H,6-13H2,1H3/t14-,15+,20?,21?. The number of esters is 1. The minimum atomic E-state index is -0.244. The van der Waals surface area contributed by atoms with Crippen LogP contribution < -0.4 is 4.74 Å². The van der Waals surface area contributed by atoms with Crippen LogP contribution >= 0.6 is 15.9 Å². The summed E-state index contributed by atoms with van der Waals surface area (Å²) in [4.78, 5) is 24.9. The van der Waals surface area contributed by atoms with Crippen LogP contribution in [0.15, 0.2) is 24.3 Å². The first-order chi connectivity index (χ1) is 12.4. The van der Waals surface area contributed by atoms with Gasteiger partial charge in [0, 0.05) is 4.32 Å². The number of carbonyl (C=O) groups is 2. The van der Waals surface area contributed by atoms with E-state index in [9.17, 15) is 9.59 Å². The molecule has 5 rings (SSSR count). The lowest BCUT2D eigenvalue weighted by Gasteiger charge is -2.60. The van der Waals surface area contributed by atoms with Gasteiger partial charge in [0.25, 0.3) is 0 Å². The van der Waals surface area contributed by atoms with Gasteiger partial charge in [0.15, 0.2) is 6.61 Å². The number of alkyl halides is 1. The van der Waals surface area contributed by atoms with Crippen molar-refractivity contribution in [3.63, 3.8) is 0 Å². The smallest absolute Gasteiger partial charge is 0.306 e. The Labute approximate surface area is 162 Å². The van der Waals surface area contributed by atoms with Crippen molar-refractivity contribution in [2.24, 2.45) is 17.3 Å². The van der Waals surface area contributed by atoms with Crippen LogP contribution in [-0.4, -0.2) is 29.8 Å². The van der Waals surface area contributed by atoms with Crippen molar-refractivity contribution in [1.29, 1.82) is 0 Å². The molecule has 2 unspecified atom stereocenters. The summed E-state index contributed by atoms with van der Waals surface area (Å²) in [6.45, 7) is -0.221. The minimum absolute atomic E-state index is 0.0676. The molecule has 4 nitrogen and oxygen atoms in total. The number of carbonyl (C=O) groups excluding carboxylic acids is 2. The van der Waals surface area contributed by atoms with Crippen molar-refractivity contribution in [3.8, 4) is 5.75 Å². The number of rotatable bonds is 6. The van der Waals surface area contributed by atoms with E-state index >= 15 is 0 Å². The molecule has 1 aromatic rings. The average molecular weight is 421 g/mol. The summed E-state index contributed by atoms with van der Waals surface area (Å²) >= 11 is 3.97. The Morgan fingerprint density at radius 3 is 2.50 bits per heavy atom. The molecular weight excluding hydrogens is 396 g/mol. The number of ketones is 1. The van der Waals surface area contributed by atoms with E-state index in [0.29, 0.717) is 17.7 Å². The molecule has 0 N–H and O–H groups in total. The molecule has 0 amide bonds. The van der Waals surface area contributed by atoms with Crippen LogP contribution in [0.25, 0.3) is 0 Å². The Kier molecular flexibility index (Phi) is 4.62. The molecule has 5 heteroatoms. The molecule has 140 valence electrons. The summed E-state index contributed by atoms with van der Waals surface area (Å²) in [5.74, 6) is 1.51. The van der Waals surface area contributed by atoms with Crippen molar-refractivity contribution in [2.75, 3.05) is 13.7 Å². The molecule has 0 saturated heterocycles. The Morgan fingerprint density at radius 2 is 1.85 bits per heavy atom. The third kappa shape index (κ3) is 3.42. The van der Waals surface area contributed by atoms with Gasteiger partial charge in [-0.1, -0.05) is 28.1 Å². The molecule has 4 fully saturated rings. The molecular formula is C21H25BrO4. The second-order valence-corrected chi connectivity index (χ2v) is 10.3. The predicted octanol–water partition coefficient (Wildman–Crippen LogP) is 4.55. The molecule has 26 heavy (non-hydrogen) atoms. The van der Waals surface area contributed by atoms with E-state index < -0.39 is 0 Å². The molecule has 4 atom stereocenters. The van der Waals surface area contributed by atoms with Crippen LogP contribution in [0.1, 0.15) is 55.3 Å². The number of hydrogen-bond donors (Lipinski definition) is 0. The predicted molar refractivity (Wildman–Crippen MR) is 102 cm³/mol. The monoisotopic (exact) mass is 420 g/mol. The Hall–Kier alpha value is -1.36. The molecule has 4 aliphatic carbocycles. The highest BCUT2D eigenvalue weighted by molar-refractivity contribution is 9.10. The Balaban J connectivity index is 1.37. The van der Waals surface area contributed by atoms with E-state index in [1.54, 1.807) is 18.2 Å². The number of methoxy groups -OCH3 is 1. The summed E-state index contributed by atoms with van der Waals surface area (Å²) in [5, 5.41) is 0. The van der Waals surface area contributed by atoms with Gasteiger partial charge in [-0.25, -0.2) is 0 Å². The van der Waals surface area contributed by atoms with Crippen molar-refractivity contribution < 1.29 is 19.1 Å². The number of ether oxygens (including phenoxy) is 2. The molecule has 4 saturated carbocycles. The quantitative estimate of drug-likeness (QED) is 0.384. The maximum Gasteiger partial charge on any atom is 0.306 e. The molecule has 0 aliphatic heterocycles. The van der Waals surface area contributed by atoms with E-state index in [-0.39, 0.29) is 28.1 Å². The van der Waals surface area contributed by atoms with Gasteiger partial charge in [-0.15, -0.1) is 0 Å². The number of para-hydroxylation sites is 1. The van der Waals surface area contributed by atoms with E-state index in [2.05, 4.69) is 15.9 Å². The first-order valence-corrected chi connectivity index (χ1v) is 10.2. The van der Waals surface area contributed by atoms with Gasteiger partial charge in [-0.2, -0.15) is 0 Å². The molecule has 0 heterocycles. The van der Waals surface area contributed by atoms with Gasteiger partial charge in [0.05, 0.1) is 19.1 Å². The number of benzene rings is 1. The fourth-order valence-corrected chi connectivity index (χ4v) is 7.51. The van der Waals surface area contributed by atoms with Gasteiger partial charge in [-0.3, -0.25) is 9.59 Å². The van der Waals surface area contributed by atoms with Crippen LogP contribution in [0.2, 0.25) is 0 Å². The second kappa shape index (κ2) is 6.66. The first-order valence-electron chi connectivity index (χ1n) is 9.41. The van der Waals surface area contributed by atoms with E-state index in [1.807, 2.05) is 6.07 Å². The van der Waals surface area contributed by atoms with Gasteiger partial charge in [0.2, 0.25) is 5.78 Å². The SMILES string of the molecule is COc1ccccc1C(=O)COC(=O)CC12C[C@@H]3C[C@@H](CC(Br)(C3)C1)C2. The molecule has 4 bridgehead atoms. The highest BCUT2D eigenvalue weighted by Gasteiger charge is 2.57. The third-order valence-corrected chi connectivity index (χ3v) is 7.33. The number of Topliss-reactive ketones (excluding diaryl/α,β-unsaturated/α-hetero) is 1. The summed E-state index contributed by atoms with van der Waals surface area (Å²) in [6.07, 6.45) is 7.56. The summed E-state index contributed by atoms with van der Waals surface area (Å²) in [6, 6.07) is 7.02. The molecule has 0 spiro atoms. The zero-order chi connectivity index (χ0) is 18.4. The molecule has 0 aromatic heterocycles. The van der Waals surface area contributed by atoms with Crippen LogP contribution in [-0.2, 0) is 9.53 Å². The molecule has 4 aliphatic rings. The largest absolute Gasteiger partial charge is 0.496 e. The Bertz CT molecular complexity index is 714. The molecule has 1 aromatic carbocycles. The lowest BCUT2D eigenvalue weighted by atomic mass is 9.49. The topological polar surface area (TPSA) is 52.6 Å². The van der Waals surface area contributed by atoms with Gasteiger partial charge < -0.3 is 9.47 Å². The summed E-state index contributed by atoms with van der Waals surface area (Å²) in [7, 11) is 1.53. The fraction of sp³-hybridized carbons (Fsp3) is 0.619. The zero-order valence-electron chi connectivity index (χ0n) is 15.1. The minimum Gasteiger partial charge on any atom is -0.496 e. The maximum absolute atomic E-state index is 12.5. The van der Waals surface area contributed by atoms with Crippen molar-refractivity contribution in [2.45, 2.75) is 49.3 Å². The third-order valence-electron chi connectivity index (χ3n) is 6.40. The average Bonchev–Trinajstić information content (AvgIpc) is 2.57. The summed E-state index contributed by atoms with van der Waals surface area (Å²) < 4.78 is 10.8. The zero-order valence-corrected chi connectivity index (χ0v) is 16.7. The van der Waals surface area contributed by atoms with E-state index in [0.717, 1.165) is 31.1 Å². The summed E-state index contributed by atoms with van der Waals surface area (Å²) in [5.41, 5.74) is 0.523. The maximum atomic E-state index is 12.5. The normalized spacial score (nSPS) is 34.5. The number of halogens is 1. The Morgan fingerprint density at radius 1 is 1.15 bits per heavy atom. The van der Waals surface area contributed by atoms with Crippen molar-refractivity contribution >= 4 is 27.7 Å². The van der Waals surface area contributed by atoms with E-state index in [4.69, 9.17) is 9.47 Å². The fourth-order valence-electron chi connectivity index (χ4n) is 6.00. The van der Waals surface area contributed by atoms with Gasteiger partial charge in [-0.05, 0) is 67.9 Å². The molecule has 0 radical (unpaired) electrons. The van der Waals surface area contributed by atoms with Crippen LogP contribution in [0.3, 0.4) is 0 Å². The second-order valence-electron chi connectivity index (χ2n) is 8.57. The van der Waals surface area contributed by atoms with Crippen LogP contribution in [0, 0.1) is 17.3 Å². The first kappa shape index (κ1) is 18.0. The van der Waals surface area contributed by atoms with Gasteiger partial charge in [0.1, 0.15) is 5.75 Å². The lowest BCUT2D eigenvalue weighted by Crippen LogP contribution is -2.53. The van der Waals surface area contributed by atoms with Crippen molar-refractivity contribution in [3.05, 3.63) is 29.8 Å². The highest BCUT2D eigenvalue weighted by atomic mass is 79.9. The van der Waals surface area contributed by atoms with Crippen LogP contribution in [0.5, 0.6) is 5.75 Å². The highest BCUT2D eigenvalue weighted by Crippen LogP contribution is 2.65.